The zero-order valence-electron chi connectivity index (χ0n) is 13.1. The van der Waals surface area contributed by atoms with Gasteiger partial charge in [0, 0.05) is 6.04 Å². The van der Waals surface area contributed by atoms with Gasteiger partial charge in [-0.2, -0.15) is 0 Å². The summed E-state index contributed by atoms with van der Waals surface area (Å²) >= 11 is 0. The molecule has 76 valence electrons. The van der Waals surface area contributed by atoms with Crippen LogP contribution >= 0.6 is 0 Å². The van der Waals surface area contributed by atoms with Crippen molar-refractivity contribution in [2.24, 2.45) is 0 Å². The molecule has 1 aliphatic heterocycles. The molecule has 0 amide bonds. The van der Waals surface area contributed by atoms with E-state index in [2.05, 4.69) is 5.32 Å². The zero-order valence-corrected chi connectivity index (χ0v) is 8.10. The van der Waals surface area contributed by atoms with Crippen molar-refractivity contribution < 1.29 is 16.3 Å². The van der Waals surface area contributed by atoms with E-state index in [9.17, 15) is 0 Å². The molecule has 1 heterocycles. The molecular weight excluding hydrogens is 178 g/mol. The van der Waals surface area contributed by atoms with E-state index in [4.69, 9.17) is 16.3 Å². The highest BCUT2D eigenvalue weighted by molar-refractivity contribution is 5.44. The van der Waals surface area contributed by atoms with Crippen molar-refractivity contribution in [1.82, 2.24) is 5.32 Å². The van der Waals surface area contributed by atoms with Crippen molar-refractivity contribution in [3.63, 3.8) is 0 Å². The van der Waals surface area contributed by atoms with Crippen molar-refractivity contribution in [3.8, 4) is 11.5 Å². The second kappa shape index (κ2) is 3.88. The van der Waals surface area contributed by atoms with E-state index in [-0.39, 0.29) is 35.7 Å². The molecule has 14 heavy (non-hydrogen) atoms. The quantitative estimate of drug-likeness (QED) is 0.799. The molecule has 0 aromatic heterocycles. The summed E-state index contributed by atoms with van der Waals surface area (Å²) in [6, 6.07) is -0.415. The summed E-state index contributed by atoms with van der Waals surface area (Å²) in [5.74, 6) is -0.259. The van der Waals surface area contributed by atoms with Gasteiger partial charge in [-0.3, -0.25) is 0 Å². The van der Waals surface area contributed by atoms with Gasteiger partial charge in [-0.1, -0.05) is 6.04 Å². The summed E-state index contributed by atoms with van der Waals surface area (Å²) in [7, 11) is 1.77. The van der Waals surface area contributed by atoms with Crippen molar-refractivity contribution >= 4 is 0 Å². The third-order valence-electron chi connectivity index (χ3n) is 2.09. The fourth-order valence-electron chi connectivity index (χ4n) is 1.17. The van der Waals surface area contributed by atoms with Crippen LogP contribution < -0.4 is 14.8 Å². The average molecular weight is 198 g/mol. The smallest absolute Gasteiger partial charge is 0.231 e. The lowest BCUT2D eigenvalue weighted by atomic mass is 10.1. The van der Waals surface area contributed by atoms with Gasteiger partial charge in [-0.25, -0.2) is 0 Å². The number of ether oxygens (including phenoxy) is 2. The molecule has 1 aromatic rings. The highest BCUT2D eigenvalue weighted by Gasteiger charge is 2.13. The summed E-state index contributed by atoms with van der Waals surface area (Å²) in [6.45, 7) is -0.486. The Hall–Kier alpha value is -1.22. The Balaban J connectivity index is 2.52. The van der Waals surface area contributed by atoms with E-state index in [0.717, 1.165) is 0 Å². The Labute approximate surface area is 91.1 Å². The first kappa shape index (κ1) is 5.03. The second-order valence-corrected chi connectivity index (χ2v) is 3.19. The first-order valence-corrected chi connectivity index (χ1v) is 4.44. The topological polar surface area (TPSA) is 30.5 Å². The number of fused-ring (bicyclic) bond motifs is 1. The molecule has 0 radical (unpaired) electrons. The van der Waals surface area contributed by atoms with E-state index in [1.165, 1.54) is 0 Å². The number of benzene rings is 1. The second-order valence-electron chi connectivity index (χ2n) is 3.19. The van der Waals surface area contributed by atoms with Gasteiger partial charge in [0.15, 0.2) is 11.5 Å². The van der Waals surface area contributed by atoms with E-state index in [1.54, 1.807) is 7.05 Å². The van der Waals surface area contributed by atoms with Crippen LogP contribution in [0.25, 0.3) is 0 Å². The largest absolute Gasteiger partial charge is 0.454 e. The normalized spacial score (nSPS) is 24.3. The third kappa shape index (κ3) is 1.82. The Morgan fingerprint density at radius 1 is 1.57 bits per heavy atom. The van der Waals surface area contributed by atoms with Crippen LogP contribution in [0.3, 0.4) is 0 Å². The number of hydrogen-bond donors (Lipinski definition) is 1. The minimum Gasteiger partial charge on any atom is -0.454 e. The Morgan fingerprint density at radius 3 is 3.14 bits per heavy atom. The van der Waals surface area contributed by atoms with E-state index < -0.39 is 6.75 Å². The van der Waals surface area contributed by atoms with Crippen molar-refractivity contribution in [2.45, 2.75) is 19.4 Å². The standard InChI is InChI=1S/C11H15NO2/c1-8(12-2)5-9-3-4-10-11(6-9)14-7-13-10/h3-4,6,8,12H,5,7H2,1-2H3/t8-/m0/s1/i3D,4D,6D,7D2. The van der Waals surface area contributed by atoms with Crippen LogP contribution in [0.1, 0.15) is 19.3 Å². The summed E-state index contributed by atoms with van der Waals surface area (Å²) in [5, 5.41) is 3.00. The van der Waals surface area contributed by atoms with Crippen molar-refractivity contribution in [2.75, 3.05) is 13.8 Å². The highest BCUT2D eigenvalue weighted by atomic mass is 16.7. The summed E-state index contributed by atoms with van der Waals surface area (Å²) in [5.41, 5.74) is 0.354. The third-order valence-corrected chi connectivity index (χ3v) is 2.09. The molecule has 0 fully saturated rings. The molecule has 1 aliphatic rings. The molecule has 0 saturated carbocycles. The van der Waals surface area contributed by atoms with Gasteiger partial charge in [0.1, 0.15) is 2.74 Å². The van der Waals surface area contributed by atoms with E-state index >= 15 is 0 Å². The van der Waals surface area contributed by atoms with Crippen molar-refractivity contribution in [1.29, 1.82) is 0 Å². The Kier molecular flexibility index (Phi) is 1.39. The minimum atomic E-state index is -2.38. The molecule has 0 unspecified atom stereocenters. The van der Waals surface area contributed by atoms with Gasteiger partial charge < -0.3 is 14.8 Å². The van der Waals surface area contributed by atoms with E-state index in [0.29, 0.717) is 12.0 Å². The molecule has 2 rings (SSSR count). The van der Waals surface area contributed by atoms with Crippen LogP contribution in [0.15, 0.2) is 18.1 Å². The fraction of sp³-hybridized carbons (Fsp3) is 0.455. The molecule has 0 bridgehead atoms. The molecular formula is C11H15NO2. The number of likely N-dealkylation sites (N-methyl/N-ethyl adjacent to an activating group) is 1. The lowest BCUT2D eigenvalue weighted by Gasteiger charge is -2.09. The maximum atomic E-state index is 8.01. The van der Waals surface area contributed by atoms with Gasteiger partial charge in [-0.15, -0.1) is 0 Å². The molecule has 1 atom stereocenters. The first-order valence-electron chi connectivity index (χ1n) is 6.94. The predicted octanol–water partition coefficient (Wildman–Crippen LogP) is 1.57. The fourth-order valence-corrected chi connectivity index (χ4v) is 1.17. The van der Waals surface area contributed by atoms with Gasteiger partial charge >= 0.3 is 0 Å². The van der Waals surface area contributed by atoms with E-state index in [1.807, 2.05) is 6.92 Å². The summed E-state index contributed by atoms with van der Waals surface area (Å²) in [6.07, 6.45) is 0.389. The maximum absolute atomic E-state index is 8.01. The van der Waals surface area contributed by atoms with Crippen LogP contribution in [0.5, 0.6) is 11.5 Å². The van der Waals surface area contributed by atoms with Gasteiger partial charge in [0.05, 0.1) is 4.11 Å². The van der Waals surface area contributed by atoms with Crippen LogP contribution in [-0.2, 0) is 6.42 Å². The SMILES string of the molecule is [2H]c1c([2H])c2c(c([2H])c1C[C@H](C)NC)OC([2H])([2H])O2. The number of hydrogen-bond acceptors (Lipinski definition) is 3. The molecule has 0 saturated heterocycles. The minimum absolute atomic E-state index is 0.0322. The molecule has 0 aliphatic carbocycles. The number of nitrogens with one attached hydrogen (secondary N) is 1. The first-order chi connectivity index (χ1) is 8.76. The molecule has 1 N–H and O–H groups in total. The molecule has 3 nitrogen and oxygen atoms in total. The Morgan fingerprint density at radius 2 is 2.36 bits per heavy atom. The summed E-state index contributed by atoms with van der Waals surface area (Å²) in [4.78, 5) is 0. The predicted molar refractivity (Wildman–Crippen MR) is 54.8 cm³/mol. The molecule has 3 heteroatoms. The van der Waals surface area contributed by atoms with Crippen LogP contribution in [-0.4, -0.2) is 19.8 Å². The molecule has 0 spiro atoms. The summed E-state index contributed by atoms with van der Waals surface area (Å²) < 4.78 is 48.2. The number of rotatable bonds is 3. The van der Waals surface area contributed by atoms with Crippen molar-refractivity contribution in [3.05, 3.63) is 23.7 Å². The van der Waals surface area contributed by atoms with Crippen LogP contribution in [0.2, 0.25) is 0 Å². The average Bonchev–Trinajstić information content (AvgIpc) is 2.68. The lowest BCUT2D eigenvalue weighted by molar-refractivity contribution is 0.174. The Bertz CT molecular complexity index is 521. The zero-order chi connectivity index (χ0) is 14.4. The van der Waals surface area contributed by atoms with Gasteiger partial charge in [-0.05, 0) is 38.0 Å². The molecule has 1 aromatic carbocycles. The van der Waals surface area contributed by atoms with Crippen LogP contribution in [0.4, 0.5) is 0 Å². The monoisotopic (exact) mass is 198 g/mol. The van der Waals surface area contributed by atoms with Crippen LogP contribution in [0, 0.1) is 0 Å². The lowest BCUT2D eigenvalue weighted by Crippen LogP contribution is -2.23. The maximum Gasteiger partial charge on any atom is 0.231 e. The van der Waals surface area contributed by atoms with Gasteiger partial charge in [0.25, 0.3) is 0 Å². The van der Waals surface area contributed by atoms with Gasteiger partial charge in [0.2, 0.25) is 6.75 Å². The highest BCUT2D eigenvalue weighted by Crippen LogP contribution is 2.32.